The normalized spacial score (nSPS) is 31.6. The van der Waals surface area contributed by atoms with Gasteiger partial charge in [0.05, 0.1) is 23.1 Å². The summed E-state index contributed by atoms with van der Waals surface area (Å²) in [7, 11) is -3.85. The van der Waals surface area contributed by atoms with Crippen molar-refractivity contribution in [2.75, 3.05) is 24.6 Å². The van der Waals surface area contributed by atoms with Gasteiger partial charge < -0.3 is 14.7 Å². The number of halogens is 1. The van der Waals surface area contributed by atoms with Crippen LogP contribution in [0.1, 0.15) is 94.1 Å². The van der Waals surface area contributed by atoms with E-state index in [1.54, 1.807) is 25.1 Å². The molecule has 0 spiro atoms. The first kappa shape index (κ1) is 31.1. The average Bonchev–Trinajstić information content (AvgIpc) is 3.04. The van der Waals surface area contributed by atoms with Crippen LogP contribution < -0.4 is 14.4 Å². The Bertz CT molecular complexity index is 1430. The molecule has 42 heavy (non-hydrogen) atoms. The first-order chi connectivity index (χ1) is 19.8. The smallest absolute Gasteiger partial charge is 0.264 e. The number of rotatable bonds is 3. The van der Waals surface area contributed by atoms with E-state index >= 15 is 0 Å². The number of carbonyl (C=O) groups excluding carboxylic acids is 1. The number of ether oxygens (including phenoxy) is 1. The largest absolute Gasteiger partial charge is 0.490 e. The lowest BCUT2D eigenvalue weighted by atomic mass is 9.63. The number of hydrogen-bond acceptors (Lipinski definition) is 6. The number of anilines is 1. The number of carbonyl (C=O) groups is 1. The molecular weight excluding hydrogens is 572 g/mol. The number of benzene rings is 2. The molecule has 1 saturated carbocycles. The highest BCUT2D eigenvalue weighted by molar-refractivity contribution is 7.90. The van der Waals surface area contributed by atoms with Crippen LogP contribution in [0.4, 0.5) is 5.69 Å². The van der Waals surface area contributed by atoms with E-state index in [2.05, 4.69) is 35.6 Å². The molecule has 1 amide bonds. The molecular formula is C33H45ClN2O5S. The maximum atomic E-state index is 13.3. The minimum absolute atomic E-state index is 0.156. The number of nitrogens with zero attached hydrogens (tertiary/aromatic N) is 1. The number of aryl methyl sites for hydroxylation is 1. The molecule has 9 heteroatoms. The Morgan fingerprint density at radius 3 is 2.62 bits per heavy atom. The second-order valence-electron chi connectivity index (χ2n) is 13.3. The Kier molecular flexibility index (Phi) is 8.90. The van der Waals surface area contributed by atoms with Crippen molar-refractivity contribution in [3.05, 3.63) is 58.1 Å². The van der Waals surface area contributed by atoms with Crippen LogP contribution in [0.5, 0.6) is 5.75 Å². The van der Waals surface area contributed by atoms with E-state index < -0.39 is 26.8 Å². The molecule has 3 aliphatic rings. The zero-order chi connectivity index (χ0) is 30.3. The first-order valence-corrected chi connectivity index (χ1v) is 17.3. The number of nitrogens with one attached hydrogen (secondary N) is 1. The Labute approximate surface area is 256 Å². The van der Waals surface area contributed by atoms with Crippen molar-refractivity contribution in [2.24, 2.45) is 11.8 Å². The van der Waals surface area contributed by atoms with E-state index in [4.69, 9.17) is 16.3 Å². The van der Waals surface area contributed by atoms with Crippen molar-refractivity contribution in [3.63, 3.8) is 0 Å². The van der Waals surface area contributed by atoms with E-state index in [9.17, 15) is 18.3 Å². The molecule has 2 heterocycles. The number of fused-ring (bicyclic) bond motifs is 2. The third-order valence-corrected chi connectivity index (χ3v) is 11.9. The minimum atomic E-state index is -3.85. The van der Waals surface area contributed by atoms with Crippen LogP contribution in [-0.2, 0) is 21.9 Å². The van der Waals surface area contributed by atoms with Gasteiger partial charge in [-0.15, -0.1) is 0 Å². The molecule has 2 bridgehead atoms. The third kappa shape index (κ3) is 6.31. The zero-order valence-corrected chi connectivity index (χ0v) is 26.9. The monoisotopic (exact) mass is 616 g/mol. The van der Waals surface area contributed by atoms with Gasteiger partial charge in [0.25, 0.3) is 5.91 Å². The highest BCUT2D eigenvalue weighted by Gasteiger charge is 2.45. The van der Waals surface area contributed by atoms with Crippen molar-refractivity contribution in [2.45, 2.75) is 95.3 Å². The Morgan fingerprint density at radius 1 is 1.12 bits per heavy atom. The van der Waals surface area contributed by atoms with Crippen molar-refractivity contribution in [3.8, 4) is 5.75 Å². The summed E-state index contributed by atoms with van der Waals surface area (Å²) in [6, 6.07) is 11.3. The van der Waals surface area contributed by atoms with Crippen LogP contribution >= 0.6 is 11.6 Å². The van der Waals surface area contributed by atoms with Gasteiger partial charge in [0, 0.05) is 29.1 Å². The van der Waals surface area contributed by atoms with Gasteiger partial charge in [0.15, 0.2) is 0 Å². The molecule has 0 unspecified atom stereocenters. The van der Waals surface area contributed by atoms with Gasteiger partial charge in [0.2, 0.25) is 10.0 Å². The van der Waals surface area contributed by atoms with E-state index in [1.165, 1.54) is 11.1 Å². The molecule has 2 aliphatic heterocycles. The van der Waals surface area contributed by atoms with Crippen LogP contribution in [0.2, 0.25) is 5.02 Å². The first-order valence-electron chi connectivity index (χ1n) is 15.4. The molecule has 5 atom stereocenters. The standard InChI is InChI=1S/C33H45ClN2O5S/c1-5-8-23-17-26(34)12-14-27(23)32(3)20-36-19-25-10-13-28(25)33(4,38)16-7-6-9-22(2)42(39,40)35-31(37)24-11-15-30(41-21-32)29(36)18-24/h11-12,14-15,17-18,22,25,28,38H,5-10,13,16,19-21H2,1-4H3,(H,35,37)/t22-,25-,28+,32-,33-/m0/s1. The summed E-state index contributed by atoms with van der Waals surface area (Å²) in [5.74, 6) is 0.487. The van der Waals surface area contributed by atoms with E-state index in [0.29, 0.717) is 55.6 Å². The van der Waals surface area contributed by atoms with Gasteiger partial charge in [0.1, 0.15) is 5.75 Å². The number of sulfonamides is 1. The summed E-state index contributed by atoms with van der Waals surface area (Å²) in [6.07, 6.45) is 6.36. The number of aliphatic hydroxyl groups is 1. The molecule has 2 aromatic rings. The van der Waals surface area contributed by atoms with Crippen LogP contribution in [0.15, 0.2) is 36.4 Å². The molecule has 2 N–H and O–H groups in total. The van der Waals surface area contributed by atoms with Crippen LogP contribution in [-0.4, -0.2) is 50.0 Å². The van der Waals surface area contributed by atoms with Crippen LogP contribution in [0.25, 0.3) is 0 Å². The molecule has 1 fully saturated rings. The highest BCUT2D eigenvalue weighted by atomic mass is 35.5. The average molecular weight is 617 g/mol. The summed E-state index contributed by atoms with van der Waals surface area (Å²) in [5.41, 5.74) is 2.27. The van der Waals surface area contributed by atoms with Gasteiger partial charge in [-0.2, -0.15) is 0 Å². The summed E-state index contributed by atoms with van der Waals surface area (Å²) in [4.78, 5) is 15.6. The summed E-state index contributed by atoms with van der Waals surface area (Å²) < 4.78 is 34.8. The van der Waals surface area contributed by atoms with Crippen LogP contribution in [0, 0.1) is 11.8 Å². The molecule has 0 radical (unpaired) electrons. The molecule has 7 nitrogen and oxygen atoms in total. The lowest BCUT2D eigenvalue weighted by molar-refractivity contribution is -0.0742. The molecule has 5 rings (SSSR count). The Balaban J connectivity index is 1.58. The Morgan fingerprint density at radius 2 is 1.90 bits per heavy atom. The summed E-state index contributed by atoms with van der Waals surface area (Å²) >= 11 is 6.42. The van der Waals surface area contributed by atoms with Crippen molar-refractivity contribution < 1.29 is 23.1 Å². The molecule has 1 aliphatic carbocycles. The van der Waals surface area contributed by atoms with Gasteiger partial charge in [-0.25, -0.2) is 13.1 Å². The molecule has 0 saturated heterocycles. The SMILES string of the molecule is CCCc1cc(Cl)ccc1[C@]1(C)COc2ccc3cc2N(C[C@@H]2CC[C@H]2[C@@](C)(O)CCCC[C@H](C)S(=O)(=O)NC3=O)C1. The predicted octanol–water partition coefficient (Wildman–Crippen LogP) is 6.25. The van der Waals surface area contributed by atoms with E-state index in [1.807, 2.05) is 13.0 Å². The molecule has 230 valence electrons. The maximum Gasteiger partial charge on any atom is 0.264 e. The van der Waals surface area contributed by atoms with Crippen molar-refractivity contribution >= 4 is 33.2 Å². The predicted molar refractivity (Wildman–Crippen MR) is 168 cm³/mol. The Hall–Kier alpha value is -2.29. The van der Waals surface area contributed by atoms with Gasteiger partial charge in [-0.05, 0) is 99.2 Å². The fourth-order valence-corrected chi connectivity index (χ4v) is 8.45. The number of amides is 1. The second-order valence-corrected chi connectivity index (χ2v) is 15.8. The quantitative estimate of drug-likeness (QED) is 0.423. The van der Waals surface area contributed by atoms with Crippen molar-refractivity contribution in [1.82, 2.24) is 4.72 Å². The lowest BCUT2D eigenvalue weighted by Crippen LogP contribution is -2.51. The third-order valence-electron chi connectivity index (χ3n) is 9.86. The zero-order valence-electron chi connectivity index (χ0n) is 25.3. The van der Waals surface area contributed by atoms with Crippen molar-refractivity contribution in [1.29, 1.82) is 0 Å². The van der Waals surface area contributed by atoms with E-state index in [-0.39, 0.29) is 16.9 Å². The second kappa shape index (κ2) is 12.0. The fraction of sp³-hybridized carbons (Fsp3) is 0.606. The van der Waals surface area contributed by atoms with Gasteiger partial charge >= 0.3 is 0 Å². The fourth-order valence-electron chi connectivity index (χ4n) is 7.20. The topological polar surface area (TPSA) is 95.9 Å². The summed E-state index contributed by atoms with van der Waals surface area (Å²) in [6.45, 7) is 9.76. The lowest BCUT2D eigenvalue weighted by Gasteiger charge is -2.48. The van der Waals surface area contributed by atoms with E-state index in [0.717, 1.165) is 37.8 Å². The number of hydrogen-bond donors (Lipinski definition) is 2. The van der Waals surface area contributed by atoms with Gasteiger partial charge in [-0.1, -0.05) is 50.8 Å². The summed E-state index contributed by atoms with van der Waals surface area (Å²) in [5, 5.41) is 11.6. The van der Waals surface area contributed by atoms with Crippen LogP contribution in [0.3, 0.4) is 0 Å². The maximum absolute atomic E-state index is 13.3. The molecule has 2 aromatic carbocycles. The van der Waals surface area contributed by atoms with Gasteiger partial charge in [-0.3, -0.25) is 4.79 Å². The highest BCUT2D eigenvalue weighted by Crippen LogP contribution is 2.47. The molecule has 0 aromatic heterocycles. The minimum Gasteiger partial charge on any atom is -0.490 e.